The molecule has 30 heavy (non-hydrogen) atoms. The molecular weight excluding hydrogens is 468 g/mol. The van der Waals surface area contributed by atoms with Crippen molar-refractivity contribution < 1.29 is 13.2 Å². The molecule has 1 aromatic heterocycles. The third-order valence-electron chi connectivity index (χ3n) is 5.83. The summed E-state index contributed by atoms with van der Waals surface area (Å²) in [5.41, 5.74) is 3.91. The van der Waals surface area contributed by atoms with Gasteiger partial charge in [-0.05, 0) is 73.8 Å². The number of rotatable bonds is 5. The molecular formula is C21H29BrN4O3S. The van der Waals surface area contributed by atoms with Crippen molar-refractivity contribution in [2.75, 3.05) is 26.2 Å². The number of benzene rings is 1. The molecule has 1 atom stereocenters. The SMILES string of the molecule is Cc1ccc(S(=O)(=O)N2CCN(C(=O)CC(C)n3nc(C)c(Br)c3C)CC2)cc1C. The average molecular weight is 497 g/mol. The quantitative estimate of drug-likeness (QED) is 0.635. The summed E-state index contributed by atoms with van der Waals surface area (Å²) in [4.78, 5) is 14.9. The van der Waals surface area contributed by atoms with Crippen LogP contribution in [-0.2, 0) is 14.8 Å². The maximum absolute atomic E-state index is 13.0. The minimum absolute atomic E-state index is 0.0226. The van der Waals surface area contributed by atoms with Crippen molar-refractivity contribution in [2.24, 2.45) is 0 Å². The number of hydrogen-bond donors (Lipinski definition) is 0. The Hall–Kier alpha value is -1.71. The Bertz CT molecular complexity index is 1060. The molecule has 1 unspecified atom stereocenters. The number of nitrogens with zero attached hydrogens (tertiary/aromatic N) is 4. The molecule has 1 aliphatic rings. The highest BCUT2D eigenvalue weighted by Gasteiger charge is 2.31. The number of piperazine rings is 1. The molecule has 2 heterocycles. The summed E-state index contributed by atoms with van der Waals surface area (Å²) in [6, 6.07) is 5.14. The van der Waals surface area contributed by atoms with E-state index in [4.69, 9.17) is 0 Å². The van der Waals surface area contributed by atoms with Crippen LogP contribution in [0, 0.1) is 27.7 Å². The number of aryl methyl sites for hydroxylation is 3. The molecule has 1 aromatic carbocycles. The van der Waals surface area contributed by atoms with Crippen LogP contribution in [0.4, 0.5) is 0 Å². The lowest BCUT2D eigenvalue weighted by molar-refractivity contribution is -0.133. The standard InChI is InChI=1S/C21H29BrN4O3S/c1-14-6-7-19(12-15(14)2)30(28,29)25-10-8-24(9-11-25)20(27)13-16(3)26-18(5)21(22)17(4)23-26/h6-7,12,16H,8-11,13H2,1-5H3. The maximum atomic E-state index is 13.0. The van der Waals surface area contributed by atoms with E-state index in [-0.39, 0.29) is 11.9 Å². The zero-order chi connectivity index (χ0) is 22.2. The zero-order valence-electron chi connectivity index (χ0n) is 18.1. The number of amides is 1. The summed E-state index contributed by atoms with van der Waals surface area (Å²) in [6.07, 6.45) is 0.332. The van der Waals surface area contributed by atoms with Crippen LogP contribution in [-0.4, -0.2) is 59.5 Å². The van der Waals surface area contributed by atoms with Crippen molar-refractivity contribution in [1.29, 1.82) is 0 Å². The Balaban J connectivity index is 1.62. The van der Waals surface area contributed by atoms with E-state index < -0.39 is 10.0 Å². The Morgan fingerprint density at radius 1 is 1.10 bits per heavy atom. The van der Waals surface area contributed by atoms with Crippen molar-refractivity contribution in [3.8, 4) is 0 Å². The third kappa shape index (κ3) is 4.48. The zero-order valence-corrected chi connectivity index (χ0v) is 20.5. The first-order valence-corrected chi connectivity index (χ1v) is 12.3. The van der Waals surface area contributed by atoms with E-state index in [9.17, 15) is 13.2 Å². The number of hydrogen-bond acceptors (Lipinski definition) is 4. The Labute approximate surface area is 187 Å². The minimum Gasteiger partial charge on any atom is -0.340 e. The Morgan fingerprint density at radius 3 is 2.27 bits per heavy atom. The highest BCUT2D eigenvalue weighted by atomic mass is 79.9. The summed E-state index contributed by atoms with van der Waals surface area (Å²) >= 11 is 3.52. The van der Waals surface area contributed by atoms with Gasteiger partial charge in [0.05, 0.1) is 26.8 Å². The largest absolute Gasteiger partial charge is 0.340 e. The van der Waals surface area contributed by atoms with Gasteiger partial charge in [-0.2, -0.15) is 9.40 Å². The molecule has 0 bridgehead atoms. The van der Waals surface area contributed by atoms with Gasteiger partial charge in [-0.25, -0.2) is 8.42 Å². The predicted molar refractivity (Wildman–Crippen MR) is 120 cm³/mol. The second-order valence-electron chi connectivity index (χ2n) is 8.01. The van der Waals surface area contributed by atoms with Gasteiger partial charge in [0.15, 0.2) is 0 Å². The van der Waals surface area contributed by atoms with Crippen LogP contribution in [0.1, 0.15) is 41.9 Å². The van der Waals surface area contributed by atoms with Gasteiger partial charge in [-0.1, -0.05) is 6.07 Å². The van der Waals surface area contributed by atoms with Crippen molar-refractivity contribution in [3.63, 3.8) is 0 Å². The van der Waals surface area contributed by atoms with Gasteiger partial charge in [0, 0.05) is 32.6 Å². The molecule has 3 rings (SSSR count). The predicted octanol–water partition coefficient (Wildman–Crippen LogP) is 3.36. The monoisotopic (exact) mass is 496 g/mol. The molecule has 0 N–H and O–H groups in total. The molecule has 0 spiro atoms. The molecule has 0 saturated carbocycles. The van der Waals surface area contributed by atoms with E-state index >= 15 is 0 Å². The smallest absolute Gasteiger partial charge is 0.243 e. The minimum atomic E-state index is -3.55. The number of carbonyl (C=O) groups is 1. The molecule has 1 aliphatic heterocycles. The highest BCUT2D eigenvalue weighted by molar-refractivity contribution is 9.10. The van der Waals surface area contributed by atoms with E-state index in [0.29, 0.717) is 37.5 Å². The topological polar surface area (TPSA) is 75.5 Å². The Morgan fingerprint density at radius 2 is 1.73 bits per heavy atom. The molecule has 1 amide bonds. The van der Waals surface area contributed by atoms with Gasteiger partial charge >= 0.3 is 0 Å². The fourth-order valence-corrected chi connectivity index (χ4v) is 5.51. The molecule has 0 aliphatic carbocycles. The van der Waals surface area contributed by atoms with E-state index in [1.165, 1.54) is 4.31 Å². The van der Waals surface area contributed by atoms with Crippen LogP contribution in [0.15, 0.2) is 27.6 Å². The van der Waals surface area contributed by atoms with Gasteiger partial charge in [0.1, 0.15) is 0 Å². The van der Waals surface area contributed by atoms with E-state index in [0.717, 1.165) is 27.0 Å². The summed E-state index contributed by atoms with van der Waals surface area (Å²) in [5, 5.41) is 4.51. The lowest BCUT2D eigenvalue weighted by Crippen LogP contribution is -2.50. The van der Waals surface area contributed by atoms with E-state index in [1.807, 2.05) is 45.4 Å². The average Bonchev–Trinajstić information content (AvgIpc) is 2.97. The second-order valence-corrected chi connectivity index (χ2v) is 10.7. The molecule has 1 saturated heterocycles. The van der Waals surface area contributed by atoms with Crippen LogP contribution >= 0.6 is 15.9 Å². The van der Waals surface area contributed by atoms with Crippen LogP contribution in [0.5, 0.6) is 0 Å². The van der Waals surface area contributed by atoms with Gasteiger partial charge in [0.2, 0.25) is 15.9 Å². The molecule has 0 radical (unpaired) electrons. The molecule has 164 valence electrons. The van der Waals surface area contributed by atoms with Crippen molar-refractivity contribution in [2.45, 2.75) is 52.0 Å². The first kappa shape index (κ1) is 23.0. The molecule has 9 heteroatoms. The van der Waals surface area contributed by atoms with Crippen molar-refractivity contribution in [1.82, 2.24) is 19.0 Å². The maximum Gasteiger partial charge on any atom is 0.243 e. The van der Waals surface area contributed by atoms with Gasteiger partial charge in [-0.15, -0.1) is 0 Å². The van der Waals surface area contributed by atoms with E-state index in [1.54, 1.807) is 17.0 Å². The number of halogens is 1. The summed E-state index contributed by atoms with van der Waals surface area (Å²) in [6.45, 7) is 11.2. The van der Waals surface area contributed by atoms with Crippen LogP contribution in [0.3, 0.4) is 0 Å². The molecule has 2 aromatic rings. The summed E-state index contributed by atoms with van der Waals surface area (Å²) < 4.78 is 30.2. The van der Waals surface area contributed by atoms with Crippen LogP contribution < -0.4 is 0 Å². The highest BCUT2D eigenvalue weighted by Crippen LogP contribution is 2.25. The number of aromatic nitrogens is 2. The Kier molecular flexibility index (Phi) is 6.74. The fourth-order valence-electron chi connectivity index (χ4n) is 3.74. The first-order chi connectivity index (χ1) is 14.0. The fraction of sp³-hybridized carbons (Fsp3) is 0.524. The van der Waals surface area contributed by atoms with Gasteiger partial charge in [-0.3, -0.25) is 9.48 Å². The van der Waals surface area contributed by atoms with Crippen molar-refractivity contribution in [3.05, 3.63) is 45.2 Å². The van der Waals surface area contributed by atoms with Gasteiger partial charge in [0.25, 0.3) is 0 Å². The number of carbonyl (C=O) groups excluding carboxylic acids is 1. The molecule has 7 nitrogen and oxygen atoms in total. The second kappa shape index (κ2) is 8.80. The first-order valence-electron chi connectivity index (χ1n) is 10.1. The van der Waals surface area contributed by atoms with Crippen LogP contribution in [0.25, 0.3) is 0 Å². The number of sulfonamides is 1. The van der Waals surface area contributed by atoms with E-state index in [2.05, 4.69) is 21.0 Å². The van der Waals surface area contributed by atoms with Gasteiger partial charge < -0.3 is 4.90 Å². The normalized spacial score (nSPS) is 16.7. The third-order valence-corrected chi connectivity index (χ3v) is 8.87. The lowest BCUT2D eigenvalue weighted by atomic mass is 10.1. The summed E-state index contributed by atoms with van der Waals surface area (Å²) in [7, 11) is -3.55. The van der Waals surface area contributed by atoms with Crippen molar-refractivity contribution >= 4 is 31.9 Å². The summed E-state index contributed by atoms with van der Waals surface area (Å²) in [5.74, 6) is 0.0226. The lowest BCUT2D eigenvalue weighted by Gasteiger charge is -2.34. The molecule has 1 fully saturated rings. The van der Waals surface area contributed by atoms with Crippen LogP contribution in [0.2, 0.25) is 0 Å².